The van der Waals surface area contributed by atoms with Crippen LogP contribution in [0.25, 0.3) is 0 Å². The fourth-order valence-corrected chi connectivity index (χ4v) is 2.50. The second kappa shape index (κ2) is 5.15. The molecule has 1 rings (SSSR count). The van der Waals surface area contributed by atoms with E-state index >= 15 is 0 Å². The Kier molecular flexibility index (Phi) is 4.38. The zero-order valence-corrected chi connectivity index (χ0v) is 11.8. The lowest BCUT2D eigenvalue weighted by atomic mass is 9.79. The summed E-state index contributed by atoms with van der Waals surface area (Å²) < 4.78 is 2.94. The Morgan fingerprint density at radius 2 is 2.13 bits per heavy atom. The first kappa shape index (κ1) is 12.8. The Labute approximate surface area is 101 Å². The first-order chi connectivity index (χ1) is 7.03. The molecule has 15 heavy (non-hydrogen) atoms. The topological polar surface area (TPSA) is 17.8 Å². The zero-order valence-electron chi connectivity index (χ0n) is 10.2. The van der Waals surface area contributed by atoms with Crippen LogP contribution in [0.4, 0.5) is 0 Å². The third kappa shape index (κ3) is 2.83. The van der Waals surface area contributed by atoms with Crippen LogP contribution in [-0.2, 0) is 12.5 Å². The Morgan fingerprint density at radius 1 is 1.47 bits per heavy atom. The molecule has 0 spiro atoms. The van der Waals surface area contributed by atoms with Gasteiger partial charge in [-0.15, -0.1) is 0 Å². The molecule has 0 aliphatic carbocycles. The minimum atomic E-state index is 0.268. The van der Waals surface area contributed by atoms with E-state index < -0.39 is 0 Å². The lowest BCUT2D eigenvalue weighted by Gasteiger charge is -2.28. The first-order valence-corrected chi connectivity index (χ1v) is 6.53. The summed E-state index contributed by atoms with van der Waals surface area (Å²) in [5.74, 6) is 0. The Hall–Kier alpha value is -0.310. The molecule has 0 fully saturated rings. The van der Waals surface area contributed by atoms with Crippen molar-refractivity contribution in [1.29, 1.82) is 0 Å². The van der Waals surface area contributed by atoms with Crippen molar-refractivity contribution < 1.29 is 0 Å². The van der Waals surface area contributed by atoms with Crippen molar-refractivity contribution in [1.82, 2.24) is 9.78 Å². The van der Waals surface area contributed by atoms with Crippen molar-refractivity contribution in [3.05, 3.63) is 16.4 Å². The van der Waals surface area contributed by atoms with Crippen molar-refractivity contribution >= 4 is 15.9 Å². The van der Waals surface area contributed by atoms with Gasteiger partial charge in [0, 0.05) is 18.2 Å². The predicted molar refractivity (Wildman–Crippen MR) is 68.1 cm³/mol. The summed E-state index contributed by atoms with van der Waals surface area (Å²) in [5.41, 5.74) is 1.61. The Morgan fingerprint density at radius 3 is 2.53 bits per heavy atom. The van der Waals surface area contributed by atoms with Gasteiger partial charge in [-0.3, -0.25) is 4.68 Å². The monoisotopic (exact) mass is 272 g/mol. The van der Waals surface area contributed by atoms with Crippen molar-refractivity contribution in [3.63, 3.8) is 0 Å². The molecule has 1 heterocycles. The summed E-state index contributed by atoms with van der Waals surface area (Å²) in [6.07, 6.45) is 4.95. The highest BCUT2D eigenvalue weighted by Crippen LogP contribution is 2.33. The van der Waals surface area contributed by atoms with E-state index in [1.54, 1.807) is 0 Å². The second-order valence-electron chi connectivity index (χ2n) is 4.49. The molecule has 0 N–H and O–H groups in total. The molecule has 0 radical (unpaired) electrons. The molecule has 1 atom stereocenters. The molecular weight excluding hydrogens is 252 g/mol. The number of hydrogen-bond donors (Lipinski definition) is 0. The van der Waals surface area contributed by atoms with Crippen LogP contribution in [0.2, 0.25) is 0 Å². The molecule has 2 nitrogen and oxygen atoms in total. The normalized spacial score (nSPS) is 15.3. The van der Waals surface area contributed by atoms with E-state index in [0.717, 1.165) is 4.60 Å². The number of aromatic nitrogens is 2. The SMILES string of the molecule is CCCCC(C)(CC)c1cc(Br)nn1C. The molecule has 1 unspecified atom stereocenters. The van der Waals surface area contributed by atoms with Gasteiger partial charge in [0.25, 0.3) is 0 Å². The first-order valence-electron chi connectivity index (χ1n) is 5.73. The van der Waals surface area contributed by atoms with Crippen LogP contribution in [0, 0.1) is 0 Å². The van der Waals surface area contributed by atoms with Crippen molar-refractivity contribution in [2.24, 2.45) is 7.05 Å². The van der Waals surface area contributed by atoms with Gasteiger partial charge in [-0.25, -0.2) is 0 Å². The van der Waals surface area contributed by atoms with Crippen LogP contribution in [0.5, 0.6) is 0 Å². The number of nitrogens with zero attached hydrogens (tertiary/aromatic N) is 2. The van der Waals surface area contributed by atoms with Gasteiger partial charge in [0.1, 0.15) is 4.60 Å². The summed E-state index contributed by atoms with van der Waals surface area (Å²) in [7, 11) is 2.03. The van der Waals surface area contributed by atoms with E-state index in [0.29, 0.717) is 0 Å². The van der Waals surface area contributed by atoms with Gasteiger partial charge >= 0.3 is 0 Å². The number of halogens is 1. The maximum atomic E-state index is 4.37. The van der Waals surface area contributed by atoms with Crippen LogP contribution in [0.1, 0.15) is 52.1 Å². The molecule has 0 aromatic carbocycles. The van der Waals surface area contributed by atoms with Gasteiger partial charge < -0.3 is 0 Å². The van der Waals surface area contributed by atoms with Gasteiger partial charge in [-0.2, -0.15) is 5.10 Å². The van der Waals surface area contributed by atoms with Crippen LogP contribution in [0.3, 0.4) is 0 Å². The van der Waals surface area contributed by atoms with Crippen LogP contribution in [0.15, 0.2) is 10.7 Å². The quantitative estimate of drug-likeness (QED) is 0.791. The highest BCUT2D eigenvalue weighted by Gasteiger charge is 2.27. The fraction of sp³-hybridized carbons (Fsp3) is 0.750. The highest BCUT2D eigenvalue weighted by molar-refractivity contribution is 9.10. The zero-order chi connectivity index (χ0) is 11.5. The van der Waals surface area contributed by atoms with E-state index in [9.17, 15) is 0 Å². The molecule has 1 aromatic rings. The van der Waals surface area contributed by atoms with Gasteiger partial charge in [-0.05, 0) is 34.8 Å². The summed E-state index contributed by atoms with van der Waals surface area (Å²) in [6, 6.07) is 2.15. The number of aryl methyl sites for hydroxylation is 1. The highest BCUT2D eigenvalue weighted by atomic mass is 79.9. The molecule has 0 saturated heterocycles. The molecular formula is C12H21BrN2. The Bertz CT molecular complexity index is 319. The van der Waals surface area contributed by atoms with E-state index in [-0.39, 0.29) is 5.41 Å². The molecule has 0 amide bonds. The van der Waals surface area contributed by atoms with Crippen LogP contribution >= 0.6 is 15.9 Å². The average Bonchev–Trinajstić information content (AvgIpc) is 2.55. The van der Waals surface area contributed by atoms with E-state index in [1.165, 1.54) is 31.4 Å². The van der Waals surface area contributed by atoms with Gasteiger partial charge in [0.2, 0.25) is 0 Å². The molecule has 86 valence electrons. The summed E-state index contributed by atoms with van der Waals surface area (Å²) in [5, 5.41) is 4.37. The average molecular weight is 273 g/mol. The van der Waals surface area contributed by atoms with Crippen molar-refractivity contribution in [2.45, 2.75) is 51.9 Å². The largest absolute Gasteiger partial charge is 0.271 e. The lowest BCUT2D eigenvalue weighted by Crippen LogP contribution is -2.24. The molecule has 0 bridgehead atoms. The van der Waals surface area contributed by atoms with E-state index in [1.807, 2.05) is 11.7 Å². The smallest absolute Gasteiger partial charge is 0.128 e. The predicted octanol–water partition coefficient (Wildman–Crippen LogP) is 4.04. The molecule has 0 aliphatic heterocycles. The van der Waals surface area contributed by atoms with E-state index in [4.69, 9.17) is 0 Å². The molecule has 0 saturated carbocycles. The summed E-state index contributed by atoms with van der Waals surface area (Å²) in [4.78, 5) is 0. The maximum Gasteiger partial charge on any atom is 0.128 e. The Balaban J connectivity index is 2.94. The minimum absolute atomic E-state index is 0.268. The third-order valence-corrected chi connectivity index (χ3v) is 3.72. The van der Waals surface area contributed by atoms with E-state index in [2.05, 4.69) is 47.9 Å². The molecule has 0 aliphatic rings. The van der Waals surface area contributed by atoms with Gasteiger partial charge in [0.05, 0.1) is 0 Å². The number of rotatable bonds is 5. The van der Waals surface area contributed by atoms with Crippen LogP contribution in [-0.4, -0.2) is 9.78 Å². The van der Waals surface area contributed by atoms with Crippen molar-refractivity contribution in [2.75, 3.05) is 0 Å². The molecule has 1 aromatic heterocycles. The van der Waals surface area contributed by atoms with Crippen molar-refractivity contribution in [3.8, 4) is 0 Å². The standard InChI is InChI=1S/C12H21BrN2/c1-5-7-8-12(3,6-2)10-9-11(13)14-15(10)4/h9H,5-8H2,1-4H3. The lowest BCUT2D eigenvalue weighted by molar-refractivity contribution is 0.376. The summed E-state index contributed by atoms with van der Waals surface area (Å²) in [6.45, 7) is 6.85. The van der Waals surface area contributed by atoms with Gasteiger partial charge in [0.15, 0.2) is 0 Å². The third-order valence-electron chi connectivity index (χ3n) is 3.33. The van der Waals surface area contributed by atoms with Crippen LogP contribution < -0.4 is 0 Å². The number of hydrogen-bond acceptors (Lipinski definition) is 1. The summed E-state index contributed by atoms with van der Waals surface area (Å²) >= 11 is 3.44. The fourth-order valence-electron chi connectivity index (χ4n) is 2.05. The molecule has 3 heteroatoms. The van der Waals surface area contributed by atoms with Gasteiger partial charge in [-0.1, -0.05) is 33.6 Å². The number of unbranched alkanes of at least 4 members (excludes halogenated alkanes) is 1. The minimum Gasteiger partial charge on any atom is -0.271 e. The maximum absolute atomic E-state index is 4.37. The second-order valence-corrected chi connectivity index (χ2v) is 5.31.